The van der Waals surface area contributed by atoms with E-state index in [0.717, 1.165) is 0 Å². The second kappa shape index (κ2) is 5.08. The molecule has 0 radical (unpaired) electrons. The normalized spacial score (nSPS) is 9.15. The number of aliphatic hydroxyl groups excluding tert-OH is 1. The van der Waals surface area contributed by atoms with Gasteiger partial charge < -0.3 is 5.11 Å². The minimum Gasteiger partial charge on any atom is -0.395 e. The summed E-state index contributed by atoms with van der Waals surface area (Å²) in [6.07, 6.45) is 1.92. The topological polar surface area (TPSA) is 33.1 Å². The lowest BCUT2D eigenvalue weighted by atomic mass is 10.3. The van der Waals surface area contributed by atoms with Crippen LogP contribution in [0.4, 0.5) is 0 Å². The maximum Gasteiger partial charge on any atom is 0.146 e. The fourth-order valence-electron chi connectivity index (χ4n) is 0.733. The predicted octanol–water partition coefficient (Wildman–Crippen LogP) is 2.12. The maximum absolute atomic E-state index is 8.50. The molecule has 2 nitrogen and oxygen atoms in total. The molecule has 1 N–H and O–H groups in total. The van der Waals surface area contributed by atoms with Gasteiger partial charge in [0.05, 0.1) is 17.2 Å². The van der Waals surface area contributed by atoms with Crippen molar-refractivity contribution in [3.8, 4) is 11.8 Å². The Kier molecular flexibility index (Phi) is 4.04. The Labute approximate surface area is 86.5 Å². The van der Waals surface area contributed by atoms with Gasteiger partial charge in [0.1, 0.15) is 5.15 Å². The summed E-state index contributed by atoms with van der Waals surface area (Å²) in [6, 6.07) is 1.62. The summed E-state index contributed by atoms with van der Waals surface area (Å²) in [5.74, 6) is 5.47. The first kappa shape index (κ1) is 10.3. The zero-order valence-corrected chi connectivity index (χ0v) is 8.23. The monoisotopic (exact) mass is 215 g/mol. The second-order valence-corrected chi connectivity index (χ2v) is 3.00. The van der Waals surface area contributed by atoms with E-state index >= 15 is 0 Å². The molecule has 1 heterocycles. The van der Waals surface area contributed by atoms with Gasteiger partial charge >= 0.3 is 0 Å². The van der Waals surface area contributed by atoms with Gasteiger partial charge in [-0.25, -0.2) is 4.98 Å². The van der Waals surface area contributed by atoms with Crippen LogP contribution in [0.25, 0.3) is 0 Å². The van der Waals surface area contributed by atoms with Crippen molar-refractivity contribution in [3.05, 3.63) is 28.0 Å². The highest BCUT2D eigenvalue weighted by molar-refractivity contribution is 6.35. The molecule has 0 fully saturated rings. The van der Waals surface area contributed by atoms with Gasteiger partial charge in [-0.05, 0) is 6.07 Å². The molecule has 0 bridgehead atoms. The molecule has 1 aromatic heterocycles. The molecular weight excluding hydrogens is 209 g/mol. The molecule has 0 aliphatic carbocycles. The van der Waals surface area contributed by atoms with Gasteiger partial charge in [0, 0.05) is 12.6 Å². The number of aliphatic hydroxyl groups is 1. The molecule has 0 spiro atoms. The Morgan fingerprint density at radius 2 is 2.23 bits per heavy atom. The van der Waals surface area contributed by atoms with Crippen molar-refractivity contribution in [2.75, 3.05) is 6.61 Å². The van der Waals surface area contributed by atoms with Crippen LogP contribution in [0.1, 0.15) is 12.0 Å². The molecule has 1 aromatic rings. The van der Waals surface area contributed by atoms with Gasteiger partial charge in [0.25, 0.3) is 0 Å². The lowest BCUT2D eigenvalue weighted by Crippen LogP contribution is -1.84. The summed E-state index contributed by atoms with van der Waals surface area (Å²) < 4.78 is 0. The average molecular weight is 216 g/mol. The third-order valence-corrected chi connectivity index (χ3v) is 1.91. The van der Waals surface area contributed by atoms with Crippen molar-refractivity contribution in [2.24, 2.45) is 0 Å². The zero-order valence-electron chi connectivity index (χ0n) is 6.72. The van der Waals surface area contributed by atoms with E-state index in [1.165, 1.54) is 6.20 Å². The summed E-state index contributed by atoms with van der Waals surface area (Å²) in [6.45, 7) is 0.0303. The molecule has 0 amide bonds. The quantitative estimate of drug-likeness (QED) is 0.576. The number of aromatic nitrogens is 1. The molecule has 0 aromatic carbocycles. The molecule has 0 atom stereocenters. The Hall–Kier alpha value is -0.750. The molecule has 13 heavy (non-hydrogen) atoms. The van der Waals surface area contributed by atoms with E-state index in [2.05, 4.69) is 16.8 Å². The van der Waals surface area contributed by atoms with Crippen molar-refractivity contribution in [1.29, 1.82) is 0 Å². The molecule has 0 unspecified atom stereocenters. The Balaban J connectivity index is 2.95. The minimum absolute atomic E-state index is 0.0303. The zero-order chi connectivity index (χ0) is 9.68. The molecule has 0 saturated carbocycles. The van der Waals surface area contributed by atoms with Crippen LogP contribution in [-0.2, 0) is 0 Å². The lowest BCUT2D eigenvalue weighted by molar-refractivity contribution is 0.305. The second-order valence-electron chi connectivity index (χ2n) is 2.23. The maximum atomic E-state index is 8.50. The van der Waals surface area contributed by atoms with E-state index in [0.29, 0.717) is 17.0 Å². The Morgan fingerprint density at radius 1 is 1.46 bits per heavy atom. The fraction of sp³-hybridized carbons (Fsp3) is 0.222. The molecule has 0 saturated heterocycles. The SMILES string of the molecule is OCCC#Cc1c(Cl)ccnc1Cl. The van der Waals surface area contributed by atoms with Gasteiger partial charge in [-0.2, -0.15) is 0 Å². The van der Waals surface area contributed by atoms with Crippen molar-refractivity contribution in [3.63, 3.8) is 0 Å². The molecule has 68 valence electrons. The summed E-state index contributed by atoms with van der Waals surface area (Å²) in [5.41, 5.74) is 0.513. The molecule has 1 rings (SSSR count). The first-order valence-corrected chi connectivity index (χ1v) is 4.41. The largest absolute Gasteiger partial charge is 0.395 e. The van der Waals surface area contributed by atoms with Gasteiger partial charge in [-0.3, -0.25) is 0 Å². The fourth-order valence-corrected chi connectivity index (χ4v) is 1.18. The Bertz CT molecular complexity index is 334. The van der Waals surface area contributed by atoms with Gasteiger partial charge in [0.2, 0.25) is 0 Å². The average Bonchev–Trinajstić information content (AvgIpc) is 2.10. The smallest absolute Gasteiger partial charge is 0.146 e. The molecule has 4 heteroatoms. The summed E-state index contributed by atoms with van der Waals surface area (Å²) in [7, 11) is 0. The van der Waals surface area contributed by atoms with E-state index in [9.17, 15) is 0 Å². The molecule has 0 aliphatic heterocycles. The van der Waals surface area contributed by atoms with Crippen molar-refractivity contribution >= 4 is 23.2 Å². The van der Waals surface area contributed by atoms with E-state index in [-0.39, 0.29) is 11.8 Å². The van der Waals surface area contributed by atoms with Crippen LogP contribution < -0.4 is 0 Å². The third-order valence-electron chi connectivity index (χ3n) is 1.30. The number of pyridine rings is 1. The van der Waals surface area contributed by atoms with Crippen LogP contribution in [-0.4, -0.2) is 16.7 Å². The number of nitrogens with zero attached hydrogens (tertiary/aromatic N) is 1. The lowest BCUT2D eigenvalue weighted by Gasteiger charge is -1.96. The highest BCUT2D eigenvalue weighted by atomic mass is 35.5. The highest BCUT2D eigenvalue weighted by Gasteiger charge is 2.01. The summed E-state index contributed by atoms with van der Waals surface area (Å²) >= 11 is 11.6. The summed E-state index contributed by atoms with van der Waals surface area (Å²) in [4.78, 5) is 3.83. The Morgan fingerprint density at radius 3 is 2.85 bits per heavy atom. The van der Waals surface area contributed by atoms with Gasteiger partial charge in [-0.1, -0.05) is 35.0 Å². The van der Waals surface area contributed by atoms with Crippen LogP contribution in [0, 0.1) is 11.8 Å². The molecule has 0 aliphatic rings. The minimum atomic E-state index is 0.0303. The summed E-state index contributed by atoms with van der Waals surface area (Å²) in [5, 5.41) is 9.27. The standard InChI is InChI=1S/C9H7Cl2NO/c10-8-4-5-12-9(11)7(8)3-1-2-6-13/h4-5,13H,2,6H2. The number of halogens is 2. The van der Waals surface area contributed by atoms with Crippen molar-refractivity contribution in [2.45, 2.75) is 6.42 Å². The van der Waals surface area contributed by atoms with Crippen LogP contribution in [0.3, 0.4) is 0 Å². The first-order chi connectivity index (χ1) is 6.25. The van der Waals surface area contributed by atoms with Crippen LogP contribution in [0.5, 0.6) is 0 Å². The number of rotatable bonds is 1. The van der Waals surface area contributed by atoms with Crippen molar-refractivity contribution in [1.82, 2.24) is 4.98 Å². The van der Waals surface area contributed by atoms with E-state index in [4.69, 9.17) is 28.3 Å². The highest BCUT2D eigenvalue weighted by Crippen LogP contribution is 2.20. The van der Waals surface area contributed by atoms with Gasteiger partial charge in [-0.15, -0.1) is 0 Å². The number of hydrogen-bond acceptors (Lipinski definition) is 2. The van der Waals surface area contributed by atoms with E-state index < -0.39 is 0 Å². The van der Waals surface area contributed by atoms with Crippen LogP contribution in [0.2, 0.25) is 10.2 Å². The van der Waals surface area contributed by atoms with Crippen LogP contribution in [0.15, 0.2) is 12.3 Å². The molecular formula is C9H7Cl2NO. The number of hydrogen-bond donors (Lipinski definition) is 1. The van der Waals surface area contributed by atoms with Crippen molar-refractivity contribution < 1.29 is 5.11 Å². The van der Waals surface area contributed by atoms with Gasteiger partial charge in [0.15, 0.2) is 0 Å². The predicted molar refractivity (Wildman–Crippen MR) is 52.8 cm³/mol. The van der Waals surface area contributed by atoms with Crippen LogP contribution >= 0.6 is 23.2 Å². The van der Waals surface area contributed by atoms with E-state index in [1.54, 1.807) is 6.07 Å². The third kappa shape index (κ3) is 2.89. The van der Waals surface area contributed by atoms with E-state index in [1.807, 2.05) is 0 Å². The first-order valence-electron chi connectivity index (χ1n) is 3.65.